The second-order valence-electron chi connectivity index (χ2n) is 9.27. The number of benzene rings is 2. The van der Waals surface area contributed by atoms with Gasteiger partial charge in [0.25, 0.3) is 5.91 Å². The molecule has 0 aliphatic carbocycles. The number of alkyl halides is 3. The maximum atomic E-state index is 13.2. The van der Waals surface area contributed by atoms with Crippen molar-refractivity contribution in [1.29, 1.82) is 0 Å². The van der Waals surface area contributed by atoms with Gasteiger partial charge in [-0.1, -0.05) is 37.6 Å². The Kier molecular flexibility index (Phi) is 7.18. The number of carbonyl (C=O) groups excluding carboxylic acids is 4. The minimum absolute atomic E-state index is 0.0805. The molecule has 2 aliphatic heterocycles. The van der Waals surface area contributed by atoms with Crippen molar-refractivity contribution in [2.45, 2.75) is 57.9 Å². The van der Waals surface area contributed by atoms with Crippen LogP contribution in [-0.4, -0.2) is 34.7 Å². The SMILES string of the molecule is CC(C)c1cc(C(F)(F)F)c(Cl)cc1NC(=O)NCc1ccc2c(c1)CN(C1CCC(=O)NC1=O)C2=O. The molecule has 2 heterocycles. The molecule has 0 spiro atoms. The molecule has 1 saturated heterocycles. The fourth-order valence-corrected chi connectivity index (χ4v) is 4.75. The predicted molar refractivity (Wildman–Crippen MR) is 129 cm³/mol. The van der Waals surface area contributed by atoms with Crippen molar-refractivity contribution >= 4 is 41.0 Å². The van der Waals surface area contributed by atoms with Gasteiger partial charge in [-0.25, -0.2) is 4.79 Å². The van der Waals surface area contributed by atoms with Gasteiger partial charge in [0.2, 0.25) is 11.8 Å². The summed E-state index contributed by atoms with van der Waals surface area (Å²) in [7, 11) is 0. The van der Waals surface area contributed by atoms with E-state index in [9.17, 15) is 32.3 Å². The second kappa shape index (κ2) is 10.0. The molecule has 37 heavy (non-hydrogen) atoms. The van der Waals surface area contributed by atoms with Crippen molar-refractivity contribution in [3.8, 4) is 0 Å². The summed E-state index contributed by atoms with van der Waals surface area (Å²) in [5, 5.41) is 6.95. The maximum absolute atomic E-state index is 13.2. The first kappa shape index (κ1) is 26.5. The van der Waals surface area contributed by atoms with E-state index in [0.717, 1.165) is 12.1 Å². The number of hydrogen-bond acceptors (Lipinski definition) is 4. The number of urea groups is 1. The van der Waals surface area contributed by atoms with Crippen LogP contribution in [0.1, 0.15) is 65.2 Å². The van der Waals surface area contributed by atoms with Crippen LogP contribution in [0.15, 0.2) is 30.3 Å². The third-order valence-corrected chi connectivity index (χ3v) is 6.67. The van der Waals surface area contributed by atoms with E-state index < -0.39 is 34.7 Å². The Hall–Kier alpha value is -3.60. The van der Waals surface area contributed by atoms with Crippen LogP contribution in [0, 0.1) is 0 Å². The number of halogens is 4. The molecule has 3 N–H and O–H groups in total. The first-order chi connectivity index (χ1) is 17.3. The van der Waals surface area contributed by atoms with Crippen LogP contribution in [0.5, 0.6) is 0 Å². The van der Waals surface area contributed by atoms with Crippen LogP contribution < -0.4 is 16.0 Å². The molecular weight excluding hydrogens is 513 g/mol. The molecule has 5 amide bonds. The lowest BCUT2D eigenvalue weighted by Gasteiger charge is -2.29. The normalized spacial score (nSPS) is 17.6. The molecule has 1 fully saturated rings. The van der Waals surface area contributed by atoms with Gasteiger partial charge in [0.15, 0.2) is 0 Å². The number of imide groups is 1. The van der Waals surface area contributed by atoms with Gasteiger partial charge >= 0.3 is 12.2 Å². The van der Waals surface area contributed by atoms with Gasteiger partial charge in [-0.3, -0.25) is 19.7 Å². The largest absolute Gasteiger partial charge is 0.417 e. The molecule has 2 aromatic carbocycles. The highest BCUT2D eigenvalue weighted by Gasteiger charge is 2.39. The van der Waals surface area contributed by atoms with Crippen LogP contribution in [0.4, 0.5) is 23.7 Å². The molecule has 8 nitrogen and oxygen atoms in total. The molecule has 2 aromatic rings. The summed E-state index contributed by atoms with van der Waals surface area (Å²) >= 11 is 5.83. The van der Waals surface area contributed by atoms with Gasteiger partial charge in [-0.15, -0.1) is 0 Å². The van der Waals surface area contributed by atoms with Crippen LogP contribution >= 0.6 is 11.6 Å². The standard InChI is InChI=1S/C25H24ClF3N4O4/c1-12(2)16-8-17(25(27,28)29)18(26)9-19(16)31-24(37)30-10-13-3-4-15-14(7-13)11-33(23(15)36)20-5-6-21(34)32-22(20)35/h3-4,7-9,12,20H,5-6,10-11H2,1-2H3,(H2,30,31,37)(H,32,34,35). The van der Waals surface area contributed by atoms with Gasteiger partial charge in [-0.2, -0.15) is 13.2 Å². The third-order valence-electron chi connectivity index (χ3n) is 6.36. The summed E-state index contributed by atoms with van der Waals surface area (Å²) in [5.41, 5.74) is 1.30. The van der Waals surface area contributed by atoms with E-state index in [1.165, 1.54) is 4.90 Å². The predicted octanol–water partition coefficient (Wildman–Crippen LogP) is 4.56. The molecule has 0 aromatic heterocycles. The van der Waals surface area contributed by atoms with Crippen LogP contribution in [-0.2, 0) is 28.9 Å². The number of carbonyl (C=O) groups is 4. The van der Waals surface area contributed by atoms with Crippen LogP contribution in [0.2, 0.25) is 5.02 Å². The maximum Gasteiger partial charge on any atom is 0.417 e. The zero-order valence-electron chi connectivity index (χ0n) is 20.0. The summed E-state index contributed by atoms with van der Waals surface area (Å²) in [4.78, 5) is 50.4. The number of rotatable bonds is 5. The third kappa shape index (κ3) is 5.56. The average molecular weight is 537 g/mol. The van der Waals surface area contributed by atoms with Gasteiger partial charge in [0.05, 0.1) is 10.6 Å². The highest BCUT2D eigenvalue weighted by Crippen LogP contribution is 2.39. The van der Waals surface area contributed by atoms with E-state index in [-0.39, 0.29) is 54.9 Å². The molecule has 0 radical (unpaired) electrons. The molecular formula is C25H24ClF3N4O4. The number of fused-ring (bicyclic) bond motifs is 1. The van der Waals surface area contributed by atoms with E-state index >= 15 is 0 Å². The van der Waals surface area contributed by atoms with E-state index in [1.54, 1.807) is 32.0 Å². The Balaban J connectivity index is 1.42. The van der Waals surface area contributed by atoms with Crippen molar-refractivity contribution in [2.24, 2.45) is 0 Å². The number of nitrogens with one attached hydrogen (secondary N) is 3. The summed E-state index contributed by atoms with van der Waals surface area (Å²) in [5.74, 6) is -1.48. The summed E-state index contributed by atoms with van der Waals surface area (Å²) in [6.45, 7) is 3.69. The molecule has 12 heteroatoms. The second-order valence-corrected chi connectivity index (χ2v) is 9.68. The zero-order chi connectivity index (χ0) is 27.1. The number of amides is 5. The molecule has 4 rings (SSSR count). The fraction of sp³-hybridized carbons (Fsp3) is 0.360. The van der Waals surface area contributed by atoms with Crippen molar-refractivity contribution in [3.63, 3.8) is 0 Å². The van der Waals surface area contributed by atoms with Crippen molar-refractivity contribution in [3.05, 3.63) is 63.2 Å². The number of piperidine rings is 1. The Labute approximate surface area is 215 Å². The number of anilines is 1. The number of hydrogen-bond donors (Lipinski definition) is 3. The Morgan fingerprint density at radius 2 is 1.92 bits per heavy atom. The molecule has 1 atom stereocenters. The minimum Gasteiger partial charge on any atom is -0.334 e. The van der Waals surface area contributed by atoms with Crippen molar-refractivity contribution in [2.75, 3.05) is 5.32 Å². The quantitative estimate of drug-likeness (QED) is 0.487. The molecule has 2 aliphatic rings. The first-order valence-electron chi connectivity index (χ1n) is 11.6. The van der Waals surface area contributed by atoms with Crippen LogP contribution in [0.3, 0.4) is 0 Å². The lowest BCUT2D eigenvalue weighted by Crippen LogP contribution is -2.52. The highest BCUT2D eigenvalue weighted by atomic mass is 35.5. The van der Waals surface area contributed by atoms with Gasteiger partial charge in [-0.05, 0) is 47.2 Å². The van der Waals surface area contributed by atoms with Crippen molar-refractivity contribution in [1.82, 2.24) is 15.5 Å². The van der Waals surface area contributed by atoms with Gasteiger partial charge in [0.1, 0.15) is 6.04 Å². The lowest BCUT2D eigenvalue weighted by molar-refractivity contribution is -0.138. The van der Waals surface area contributed by atoms with E-state index in [2.05, 4.69) is 16.0 Å². The van der Waals surface area contributed by atoms with Gasteiger partial charge in [0, 0.05) is 30.8 Å². The van der Waals surface area contributed by atoms with Gasteiger partial charge < -0.3 is 15.5 Å². The lowest BCUT2D eigenvalue weighted by atomic mass is 9.98. The van der Waals surface area contributed by atoms with Crippen LogP contribution in [0.25, 0.3) is 0 Å². The topological polar surface area (TPSA) is 108 Å². The summed E-state index contributed by atoms with van der Waals surface area (Å²) < 4.78 is 39.7. The van der Waals surface area contributed by atoms with Crippen molar-refractivity contribution < 1.29 is 32.3 Å². The molecule has 0 saturated carbocycles. The highest BCUT2D eigenvalue weighted by molar-refractivity contribution is 6.31. The molecule has 0 bridgehead atoms. The Morgan fingerprint density at radius 1 is 1.19 bits per heavy atom. The smallest absolute Gasteiger partial charge is 0.334 e. The molecule has 1 unspecified atom stereocenters. The molecule has 196 valence electrons. The Morgan fingerprint density at radius 3 is 2.57 bits per heavy atom. The first-order valence-corrected chi connectivity index (χ1v) is 11.9. The minimum atomic E-state index is -4.62. The van der Waals surface area contributed by atoms with E-state index in [0.29, 0.717) is 16.7 Å². The summed E-state index contributed by atoms with van der Waals surface area (Å²) in [6.07, 6.45) is -4.21. The fourth-order valence-electron chi connectivity index (χ4n) is 4.48. The summed E-state index contributed by atoms with van der Waals surface area (Å²) in [6, 6.07) is 5.69. The van der Waals surface area contributed by atoms with E-state index in [4.69, 9.17) is 11.6 Å². The Bertz CT molecular complexity index is 1300. The zero-order valence-corrected chi connectivity index (χ0v) is 20.7. The average Bonchev–Trinajstić information content (AvgIpc) is 3.12. The number of nitrogens with zero attached hydrogens (tertiary/aromatic N) is 1. The van der Waals surface area contributed by atoms with E-state index in [1.807, 2.05) is 0 Å². The monoisotopic (exact) mass is 536 g/mol.